The van der Waals surface area contributed by atoms with Gasteiger partial charge in [-0.15, -0.1) is 0 Å². The van der Waals surface area contributed by atoms with Crippen LogP contribution in [0.1, 0.15) is 96.8 Å². The van der Waals surface area contributed by atoms with Gasteiger partial charge in [-0.3, -0.25) is 4.79 Å². The van der Waals surface area contributed by atoms with Crippen molar-refractivity contribution in [2.45, 2.75) is 164 Å². The van der Waals surface area contributed by atoms with E-state index in [1.807, 2.05) is 0 Å². The van der Waals surface area contributed by atoms with Gasteiger partial charge in [-0.1, -0.05) is 70.4 Å². The molecule has 2 fully saturated rings. The first-order valence-corrected chi connectivity index (χ1v) is 17.3. The van der Waals surface area contributed by atoms with Crippen LogP contribution in [0.25, 0.3) is 0 Å². The second-order valence-electron chi connectivity index (χ2n) is 12.5. The second-order valence-corrected chi connectivity index (χ2v) is 12.5. The second kappa shape index (κ2) is 24.0. The molecule has 14 heteroatoms. The summed E-state index contributed by atoms with van der Waals surface area (Å²) in [5, 5.41) is 80.3. The average Bonchev–Trinajstić information content (AvgIpc) is 3.06. The fourth-order valence-corrected chi connectivity index (χ4v) is 5.44. The first kappa shape index (κ1) is 41.9. The highest BCUT2D eigenvalue weighted by atomic mass is 16.7. The van der Waals surface area contributed by atoms with Crippen molar-refractivity contribution in [3.63, 3.8) is 0 Å². The number of unbranched alkanes of at least 4 members (excludes halogenated alkanes) is 11. The zero-order chi connectivity index (χ0) is 34.6. The van der Waals surface area contributed by atoms with Crippen molar-refractivity contribution in [2.24, 2.45) is 0 Å². The molecule has 276 valence electrons. The molecule has 8 N–H and O–H groups in total. The number of aliphatic hydroxyl groups is 8. The van der Waals surface area contributed by atoms with Crippen LogP contribution in [0.2, 0.25) is 0 Å². The summed E-state index contributed by atoms with van der Waals surface area (Å²) in [5.41, 5.74) is 0. The zero-order valence-electron chi connectivity index (χ0n) is 27.8. The molecule has 0 radical (unpaired) electrons. The van der Waals surface area contributed by atoms with Crippen LogP contribution in [0.4, 0.5) is 0 Å². The molecule has 0 amide bonds. The third-order valence-corrected chi connectivity index (χ3v) is 8.47. The van der Waals surface area contributed by atoms with Crippen molar-refractivity contribution in [3.8, 4) is 0 Å². The van der Waals surface area contributed by atoms with Gasteiger partial charge in [-0.2, -0.15) is 0 Å². The Morgan fingerprint density at radius 1 is 0.660 bits per heavy atom. The Kier molecular flexibility index (Phi) is 21.4. The Balaban J connectivity index is 1.57. The summed E-state index contributed by atoms with van der Waals surface area (Å²) in [6.45, 7) is 0.287. The van der Waals surface area contributed by atoms with E-state index in [0.717, 1.165) is 38.5 Å². The van der Waals surface area contributed by atoms with Crippen LogP contribution in [0.15, 0.2) is 12.2 Å². The molecule has 0 aromatic carbocycles. The molecule has 0 aromatic heterocycles. The minimum Gasteiger partial charge on any atom is -0.463 e. The van der Waals surface area contributed by atoms with E-state index in [-0.39, 0.29) is 13.0 Å². The number of hydrogen-bond acceptors (Lipinski definition) is 14. The van der Waals surface area contributed by atoms with Crippen LogP contribution in [-0.4, -0.2) is 141 Å². The Bertz CT molecular complexity index is 844. The van der Waals surface area contributed by atoms with Crippen molar-refractivity contribution < 1.29 is 69.3 Å². The number of rotatable bonds is 24. The quantitative estimate of drug-likeness (QED) is 0.0397. The summed E-state index contributed by atoms with van der Waals surface area (Å²) in [4.78, 5) is 12.1. The lowest BCUT2D eigenvalue weighted by atomic mass is 9.98. The largest absolute Gasteiger partial charge is 0.463 e. The molecule has 0 bridgehead atoms. The van der Waals surface area contributed by atoms with E-state index in [1.54, 1.807) is 0 Å². The summed E-state index contributed by atoms with van der Waals surface area (Å²) in [7, 11) is 0. The molecular formula is C33H60O14. The lowest BCUT2D eigenvalue weighted by molar-refractivity contribution is -0.332. The van der Waals surface area contributed by atoms with E-state index in [9.17, 15) is 45.6 Å². The maximum absolute atomic E-state index is 12.1. The van der Waals surface area contributed by atoms with Crippen LogP contribution in [0, 0.1) is 0 Å². The van der Waals surface area contributed by atoms with Crippen LogP contribution in [0.5, 0.6) is 0 Å². The van der Waals surface area contributed by atoms with Gasteiger partial charge in [0.15, 0.2) is 12.6 Å². The molecule has 2 saturated heterocycles. The van der Waals surface area contributed by atoms with E-state index in [4.69, 9.17) is 23.7 Å². The molecule has 2 aliphatic heterocycles. The molecule has 11 atom stereocenters. The highest BCUT2D eigenvalue weighted by Crippen LogP contribution is 2.26. The fourth-order valence-electron chi connectivity index (χ4n) is 5.44. The van der Waals surface area contributed by atoms with Crippen molar-refractivity contribution >= 4 is 5.97 Å². The van der Waals surface area contributed by atoms with Crippen LogP contribution in [0.3, 0.4) is 0 Å². The van der Waals surface area contributed by atoms with E-state index < -0.39 is 93.3 Å². The van der Waals surface area contributed by atoms with Gasteiger partial charge >= 0.3 is 5.97 Å². The fraction of sp³-hybridized carbons (Fsp3) is 0.909. The van der Waals surface area contributed by atoms with Gasteiger partial charge in [-0.25, -0.2) is 0 Å². The van der Waals surface area contributed by atoms with Gasteiger partial charge in [-0.05, 0) is 32.1 Å². The molecular weight excluding hydrogens is 620 g/mol. The van der Waals surface area contributed by atoms with Crippen LogP contribution >= 0.6 is 0 Å². The predicted octanol–water partition coefficient (Wildman–Crippen LogP) is 0.569. The minimum atomic E-state index is -1.72. The Hall–Kier alpha value is -1.27. The van der Waals surface area contributed by atoms with Gasteiger partial charge in [0, 0.05) is 6.42 Å². The summed E-state index contributed by atoms with van der Waals surface area (Å²) >= 11 is 0. The third kappa shape index (κ3) is 15.4. The van der Waals surface area contributed by atoms with Crippen LogP contribution in [-0.2, 0) is 28.5 Å². The molecule has 14 nitrogen and oxygen atoms in total. The molecule has 2 aliphatic rings. The molecule has 0 saturated carbocycles. The number of hydrogen-bond donors (Lipinski definition) is 8. The van der Waals surface area contributed by atoms with Crippen molar-refractivity contribution in [2.75, 3.05) is 26.4 Å². The van der Waals surface area contributed by atoms with Gasteiger partial charge in [0.05, 0.1) is 19.8 Å². The molecule has 0 aliphatic carbocycles. The first-order chi connectivity index (χ1) is 22.6. The van der Waals surface area contributed by atoms with E-state index in [1.165, 1.54) is 38.5 Å². The number of carbonyl (C=O) groups is 1. The smallest absolute Gasteiger partial charge is 0.305 e. The van der Waals surface area contributed by atoms with Crippen molar-refractivity contribution in [1.29, 1.82) is 0 Å². The number of ether oxygens (including phenoxy) is 5. The molecule has 2 rings (SSSR count). The number of esters is 1. The lowest BCUT2D eigenvalue weighted by Gasteiger charge is -2.42. The van der Waals surface area contributed by atoms with Gasteiger partial charge in [0.25, 0.3) is 0 Å². The van der Waals surface area contributed by atoms with Crippen molar-refractivity contribution in [1.82, 2.24) is 0 Å². The number of allylic oxidation sites excluding steroid dienone is 2. The number of aliphatic hydroxyl groups excluding tert-OH is 8. The SMILES string of the molecule is CCCCCCCC/C=C\CCCCCCCC(=O)OC[C@@H](O)CO[C@@H]1O[C@H](CO[C@@H]2O[C@H](CO)[C@@H](O)[C@H](O)[C@H]2O)[C@H](O)[C@H](O)[C@H]1O. The summed E-state index contributed by atoms with van der Waals surface area (Å²) < 4.78 is 26.6. The first-order valence-electron chi connectivity index (χ1n) is 17.3. The Morgan fingerprint density at radius 3 is 1.77 bits per heavy atom. The molecule has 2 heterocycles. The summed E-state index contributed by atoms with van der Waals surface area (Å²) in [5.74, 6) is -0.445. The number of carbonyl (C=O) groups excluding carboxylic acids is 1. The Labute approximate surface area is 278 Å². The monoisotopic (exact) mass is 680 g/mol. The molecule has 0 spiro atoms. The summed E-state index contributed by atoms with van der Waals surface area (Å²) in [6.07, 6.45) is 3.00. The van der Waals surface area contributed by atoms with Crippen molar-refractivity contribution in [3.05, 3.63) is 12.2 Å². The van der Waals surface area contributed by atoms with E-state index >= 15 is 0 Å². The average molecular weight is 681 g/mol. The van der Waals surface area contributed by atoms with E-state index in [0.29, 0.717) is 6.42 Å². The minimum absolute atomic E-state index is 0.233. The molecule has 47 heavy (non-hydrogen) atoms. The molecule has 0 unspecified atom stereocenters. The van der Waals surface area contributed by atoms with Gasteiger partial charge in [0.1, 0.15) is 61.5 Å². The van der Waals surface area contributed by atoms with E-state index in [2.05, 4.69) is 19.1 Å². The topological polar surface area (TPSA) is 225 Å². The third-order valence-electron chi connectivity index (χ3n) is 8.47. The predicted molar refractivity (Wildman–Crippen MR) is 169 cm³/mol. The zero-order valence-corrected chi connectivity index (χ0v) is 27.8. The summed E-state index contributed by atoms with van der Waals surface area (Å²) in [6, 6.07) is 0. The highest BCUT2D eigenvalue weighted by Gasteiger charge is 2.47. The lowest BCUT2D eigenvalue weighted by Crippen LogP contribution is -2.61. The normalized spacial score (nSPS) is 32.1. The standard InChI is InChI=1S/C33H60O14/c1-2-3-4-5-6-7-8-9-10-11-12-13-14-15-16-17-25(36)43-19-22(35)20-44-32-31(42)29(40)27(38)24(47-32)21-45-33-30(41)28(39)26(37)23(18-34)46-33/h9-10,22-24,26-35,37-42H,2-8,11-21H2,1H3/b10-9-/t22-,23-,24-,26-,27+,28+,29+,30-,31-,32-,33-/m1/s1. The molecule has 0 aromatic rings. The maximum Gasteiger partial charge on any atom is 0.305 e. The maximum atomic E-state index is 12.1. The van der Waals surface area contributed by atoms with Gasteiger partial charge in [0.2, 0.25) is 0 Å². The van der Waals surface area contributed by atoms with Gasteiger partial charge < -0.3 is 64.5 Å². The van der Waals surface area contributed by atoms with Crippen LogP contribution < -0.4 is 0 Å². The highest BCUT2D eigenvalue weighted by molar-refractivity contribution is 5.69. The Morgan fingerprint density at radius 2 is 1.17 bits per heavy atom.